The molecule has 1 unspecified atom stereocenters. The first-order valence-electron chi connectivity index (χ1n) is 8.83. The minimum absolute atomic E-state index is 0.129. The van der Waals surface area contributed by atoms with E-state index in [0.29, 0.717) is 11.5 Å². The van der Waals surface area contributed by atoms with Crippen molar-refractivity contribution in [1.29, 1.82) is 0 Å². The van der Waals surface area contributed by atoms with Crippen LogP contribution in [-0.4, -0.2) is 48.0 Å². The van der Waals surface area contributed by atoms with Crippen molar-refractivity contribution in [2.45, 2.75) is 18.2 Å². The van der Waals surface area contributed by atoms with Gasteiger partial charge in [0.05, 0.1) is 17.2 Å². The van der Waals surface area contributed by atoms with Crippen molar-refractivity contribution in [3.63, 3.8) is 0 Å². The highest BCUT2D eigenvalue weighted by Crippen LogP contribution is 2.25. The Labute approximate surface area is 172 Å². The topological polar surface area (TPSA) is 133 Å². The maximum atomic E-state index is 13.0. The number of carbonyl (C=O) groups is 2. The molecular formula is C19H21FN2O7S. The Morgan fingerprint density at radius 3 is 2.13 bits per heavy atom. The van der Waals surface area contributed by atoms with E-state index < -0.39 is 40.1 Å². The van der Waals surface area contributed by atoms with Gasteiger partial charge in [-0.05, 0) is 48.5 Å². The molecule has 162 valence electrons. The van der Waals surface area contributed by atoms with Crippen molar-refractivity contribution in [1.82, 2.24) is 9.79 Å². The molecule has 2 rings (SSSR count). The summed E-state index contributed by atoms with van der Waals surface area (Å²) >= 11 is 0. The Morgan fingerprint density at radius 2 is 1.63 bits per heavy atom. The summed E-state index contributed by atoms with van der Waals surface area (Å²) < 4.78 is 45.3. The van der Waals surface area contributed by atoms with Crippen LogP contribution >= 0.6 is 0 Å². The number of carbonyl (C=O) groups excluding carboxylic acids is 1. The molecule has 11 heteroatoms. The number of ether oxygens (including phenoxy) is 1. The van der Waals surface area contributed by atoms with Crippen LogP contribution in [0.1, 0.15) is 13.3 Å². The number of sulfonamides is 1. The summed E-state index contributed by atoms with van der Waals surface area (Å²) in [4.78, 5) is 22.3. The third-order valence-electron chi connectivity index (χ3n) is 4.12. The average molecular weight is 440 g/mol. The monoisotopic (exact) mass is 440 g/mol. The van der Waals surface area contributed by atoms with Crippen molar-refractivity contribution in [2.75, 3.05) is 13.1 Å². The molecule has 2 aromatic carbocycles. The molecule has 9 nitrogen and oxygen atoms in total. The second kappa shape index (κ2) is 10.1. The van der Waals surface area contributed by atoms with Crippen molar-refractivity contribution < 1.29 is 37.4 Å². The summed E-state index contributed by atoms with van der Waals surface area (Å²) in [5.41, 5.74) is 1.44. The summed E-state index contributed by atoms with van der Waals surface area (Å²) in [7, 11) is -4.13. The number of hydrogen-bond donors (Lipinski definition) is 3. The molecule has 0 bridgehead atoms. The average Bonchev–Trinajstić information content (AvgIpc) is 2.72. The number of carboxylic acid groups (broad SMARTS) is 1. The summed E-state index contributed by atoms with van der Waals surface area (Å²) in [6, 6.07) is 10.6. The Bertz CT molecular complexity index is 979. The van der Waals surface area contributed by atoms with E-state index in [1.807, 2.05) is 0 Å². The Balaban J connectivity index is 2.21. The van der Waals surface area contributed by atoms with E-state index in [1.54, 1.807) is 0 Å². The number of amides is 1. The largest absolute Gasteiger partial charge is 0.481 e. The fourth-order valence-electron chi connectivity index (χ4n) is 2.50. The molecule has 3 N–H and O–H groups in total. The van der Waals surface area contributed by atoms with Gasteiger partial charge in [-0.2, -0.15) is 4.31 Å². The number of hydroxylamine groups is 1. The Hall–Kier alpha value is -3.02. The lowest BCUT2D eigenvalue weighted by atomic mass is 10.1. The molecule has 1 atom stereocenters. The highest BCUT2D eigenvalue weighted by Gasteiger charge is 2.28. The Morgan fingerprint density at radius 1 is 1.10 bits per heavy atom. The van der Waals surface area contributed by atoms with Gasteiger partial charge in [0, 0.05) is 13.1 Å². The molecule has 1 amide bonds. The molecule has 0 heterocycles. The Kier molecular flexibility index (Phi) is 7.86. The van der Waals surface area contributed by atoms with Crippen LogP contribution in [0.4, 0.5) is 4.39 Å². The molecule has 0 saturated heterocycles. The zero-order valence-corrected chi connectivity index (χ0v) is 16.8. The van der Waals surface area contributed by atoms with E-state index in [9.17, 15) is 22.4 Å². The second-order valence-corrected chi connectivity index (χ2v) is 8.35. The summed E-state index contributed by atoms with van der Waals surface area (Å²) in [6.07, 6.45) is -0.460. The zero-order valence-electron chi connectivity index (χ0n) is 16.0. The maximum Gasteiger partial charge on any atom is 0.304 e. The standard InChI is InChI=1S/C19H21FN2O7S/c1-13(19(25)21-26)12-22(11-10-18(23)24)30(27,28)17-8-6-16(7-9-17)29-15-4-2-14(20)3-5-15/h2-9,13,26H,10-12H2,1H3,(H,21,25)(H,23,24). The third-order valence-corrected chi connectivity index (χ3v) is 6.00. The van der Waals surface area contributed by atoms with Crippen LogP contribution in [0, 0.1) is 11.7 Å². The number of hydrogen-bond acceptors (Lipinski definition) is 6. The molecule has 30 heavy (non-hydrogen) atoms. The van der Waals surface area contributed by atoms with E-state index in [1.165, 1.54) is 60.9 Å². The highest BCUT2D eigenvalue weighted by molar-refractivity contribution is 7.89. The van der Waals surface area contributed by atoms with Gasteiger partial charge in [-0.1, -0.05) is 6.92 Å². The number of carboxylic acids is 1. The van der Waals surface area contributed by atoms with Crippen LogP contribution in [-0.2, 0) is 19.6 Å². The van der Waals surface area contributed by atoms with Gasteiger partial charge in [-0.25, -0.2) is 18.3 Å². The van der Waals surface area contributed by atoms with Gasteiger partial charge in [-0.3, -0.25) is 14.8 Å². The van der Waals surface area contributed by atoms with Gasteiger partial charge in [-0.15, -0.1) is 0 Å². The summed E-state index contributed by atoms with van der Waals surface area (Å²) in [5, 5.41) is 17.6. The molecule has 0 aromatic heterocycles. The number of benzene rings is 2. The van der Waals surface area contributed by atoms with Crippen molar-refractivity contribution >= 4 is 21.9 Å². The second-order valence-electron chi connectivity index (χ2n) is 6.41. The molecule has 0 saturated carbocycles. The van der Waals surface area contributed by atoms with Gasteiger partial charge in [0.2, 0.25) is 15.9 Å². The van der Waals surface area contributed by atoms with Crippen LogP contribution in [0.5, 0.6) is 11.5 Å². The molecule has 2 aromatic rings. The molecule has 0 aliphatic heterocycles. The van der Waals surface area contributed by atoms with Gasteiger partial charge >= 0.3 is 5.97 Å². The van der Waals surface area contributed by atoms with Gasteiger partial charge in [0.25, 0.3) is 0 Å². The van der Waals surface area contributed by atoms with E-state index in [0.717, 1.165) is 4.31 Å². The van der Waals surface area contributed by atoms with Gasteiger partial charge in [0.15, 0.2) is 0 Å². The van der Waals surface area contributed by atoms with Crippen LogP contribution in [0.3, 0.4) is 0 Å². The molecule has 0 aliphatic rings. The lowest BCUT2D eigenvalue weighted by Gasteiger charge is -2.24. The molecule has 0 fully saturated rings. The normalized spacial score (nSPS) is 12.4. The lowest BCUT2D eigenvalue weighted by molar-refractivity contribution is -0.137. The third kappa shape index (κ3) is 6.24. The molecular weight excluding hydrogens is 419 g/mol. The minimum Gasteiger partial charge on any atom is -0.481 e. The smallest absolute Gasteiger partial charge is 0.304 e. The number of nitrogens with zero attached hydrogens (tertiary/aromatic N) is 1. The van der Waals surface area contributed by atoms with Crippen molar-refractivity contribution in [2.24, 2.45) is 5.92 Å². The van der Waals surface area contributed by atoms with Crippen molar-refractivity contribution in [3.8, 4) is 11.5 Å². The number of halogens is 1. The fourth-order valence-corrected chi connectivity index (χ4v) is 4.03. The first kappa shape index (κ1) is 23.3. The zero-order chi connectivity index (χ0) is 22.3. The van der Waals surface area contributed by atoms with E-state index in [2.05, 4.69) is 0 Å². The molecule has 0 spiro atoms. The van der Waals surface area contributed by atoms with E-state index in [4.69, 9.17) is 15.1 Å². The number of nitrogens with one attached hydrogen (secondary N) is 1. The van der Waals surface area contributed by atoms with Gasteiger partial charge in [0.1, 0.15) is 17.3 Å². The van der Waals surface area contributed by atoms with E-state index in [-0.39, 0.29) is 18.0 Å². The fraction of sp³-hybridized carbons (Fsp3) is 0.263. The van der Waals surface area contributed by atoms with Crippen molar-refractivity contribution in [3.05, 3.63) is 54.3 Å². The van der Waals surface area contributed by atoms with E-state index >= 15 is 0 Å². The van der Waals surface area contributed by atoms with Crippen LogP contribution in [0.2, 0.25) is 0 Å². The SMILES string of the molecule is CC(CN(CCC(=O)O)S(=O)(=O)c1ccc(Oc2ccc(F)cc2)cc1)C(=O)NO. The van der Waals surface area contributed by atoms with Crippen LogP contribution < -0.4 is 10.2 Å². The van der Waals surface area contributed by atoms with Crippen LogP contribution in [0.15, 0.2) is 53.4 Å². The molecule has 0 radical (unpaired) electrons. The quantitative estimate of drug-likeness (QED) is 0.381. The summed E-state index contributed by atoms with van der Waals surface area (Å²) in [6.45, 7) is 0.721. The number of aliphatic carboxylic acids is 1. The first-order chi connectivity index (χ1) is 14.1. The first-order valence-corrected chi connectivity index (χ1v) is 10.3. The lowest BCUT2D eigenvalue weighted by Crippen LogP contribution is -2.40. The molecule has 0 aliphatic carbocycles. The minimum atomic E-state index is -4.13. The predicted molar refractivity (Wildman–Crippen MR) is 103 cm³/mol. The maximum absolute atomic E-state index is 13.0. The highest BCUT2D eigenvalue weighted by atomic mass is 32.2. The van der Waals surface area contributed by atoms with Crippen LogP contribution in [0.25, 0.3) is 0 Å². The number of rotatable bonds is 10. The predicted octanol–water partition coefficient (Wildman–Crippen LogP) is 2.22. The van der Waals surface area contributed by atoms with Gasteiger partial charge < -0.3 is 9.84 Å². The summed E-state index contributed by atoms with van der Waals surface area (Å²) in [5.74, 6) is -2.66.